The smallest absolute Gasteiger partial charge is 0.410 e. The second kappa shape index (κ2) is 9.98. The lowest BCUT2D eigenvalue weighted by Gasteiger charge is -2.44. The van der Waals surface area contributed by atoms with Crippen LogP contribution in [0, 0.1) is 0 Å². The molecule has 1 fully saturated rings. The van der Waals surface area contributed by atoms with Gasteiger partial charge in [0.1, 0.15) is 12.4 Å². The number of para-hydroxylation sites is 1. The number of ether oxygens (including phenoxy) is 3. The number of nitrogens with zero attached hydrogens (tertiary/aromatic N) is 1. The average molecular weight is 504 g/mol. The number of morpholine rings is 1. The molecule has 0 saturated carbocycles. The Balaban J connectivity index is 1.17. The van der Waals surface area contributed by atoms with Gasteiger partial charge >= 0.3 is 12.7 Å². The van der Waals surface area contributed by atoms with Gasteiger partial charge in [-0.25, -0.2) is 4.79 Å². The van der Waals surface area contributed by atoms with Crippen LogP contribution in [0.3, 0.4) is 0 Å². The molecular formula is C30H27F2NO4. The summed E-state index contributed by atoms with van der Waals surface area (Å²) in [6, 6.07) is 22.9. The Kier molecular flexibility index (Phi) is 6.38. The van der Waals surface area contributed by atoms with Crippen LogP contribution in [-0.4, -0.2) is 49.5 Å². The van der Waals surface area contributed by atoms with E-state index in [4.69, 9.17) is 14.2 Å². The number of hydrogen-bond donors (Lipinski definition) is 0. The number of carbonyl (C=O) groups excluding carboxylic acids is 1. The lowest BCUT2D eigenvalue weighted by Crippen LogP contribution is -2.56. The molecule has 2 atom stereocenters. The highest BCUT2D eigenvalue weighted by molar-refractivity contribution is 5.79. The van der Waals surface area contributed by atoms with E-state index in [2.05, 4.69) is 24.3 Å². The van der Waals surface area contributed by atoms with Crippen molar-refractivity contribution in [2.24, 2.45) is 0 Å². The zero-order valence-corrected chi connectivity index (χ0v) is 20.2. The first kappa shape index (κ1) is 23.7. The van der Waals surface area contributed by atoms with Crippen molar-refractivity contribution >= 4 is 6.09 Å². The van der Waals surface area contributed by atoms with Crippen LogP contribution in [0.5, 0.6) is 5.75 Å². The molecule has 3 aromatic rings. The molecule has 1 amide bonds. The van der Waals surface area contributed by atoms with Gasteiger partial charge in [-0.05, 0) is 46.7 Å². The molecule has 3 aliphatic rings. The van der Waals surface area contributed by atoms with Crippen LogP contribution in [0.4, 0.5) is 13.6 Å². The lowest BCUT2D eigenvalue weighted by molar-refractivity contribution is -0.0505. The van der Waals surface area contributed by atoms with Gasteiger partial charge in [-0.2, -0.15) is 8.78 Å². The molecule has 5 nitrogen and oxygen atoms in total. The van der Waals surface area contributed by atoms with E-state index < -0.39 is 6.61 Å². The van der Waals surface area contributed by atoms with Crippen molar-refractivity contribution in [2.75, 3.05) is 19.8 Å². The van der Waals surface area contributed by atoms with E-state index in [1.54, 1.807) is 23.1 Å². The van der Waals surface area contributed by atoms with E-state index in [9.17, 15) is 13.6 Å². The van der Waals surface area contributed by atoms with E-state index in [0.717, 1.165) is 5.57 Å². The minimum Gasteiger partial charge on any atom is -0.448 e. The minimum atomic E-state index is -2.88. The topological polar surface area (TPSA) is 48.0 Å². The molecule has 0 aromatic heterocycles. The van der Waals surface area contributed by atoms with Gasteiger partial charge in [0.25, 0.3) is 0 Å². The third kappa shape index (κ3) is 4.60. The normalized spacial score (nSPS) is 20.3. The highest BCUT2D eigenvalue weighted by atomic mass is 19.3. The molecule has 0 N–H and O–H groups in total. The molecular weight excluding hydrogens is 476 g/mol. The van der Waals surface area contributed by atoms with Crippen LogP contribution in [0.25, 0.3) is 11.1 Å². The van der Waals surface area contributed by atoms with Gasteiger partial charge < -0.3 is 14.2 Å². The van der Waals surface area contributed by atoms with Crippen molar-refractivity contribution in [1.29, 1.82) is 0 Å². The van der Waals surface area contributed by atoms with Crippen LogP contribution in [-0.2, 0) is 15.9 Å². The van der Waals surface area contributed by atoms with Crippen LogP contribution in [0.15, 0.2) is 84.4 Å². The molecule has 1 saturated heterocycles. The van der Waals surface area contributed by atoms with Crippen molar-refractivity contribution < 1.29 is 27.8 Å². The van der Waals surface area contributed by atoms with Gasteiger partial charge in [0.05, 0.1) is 25.3 Å². The van der Waals surface area contributed by atoms with Crippen LogP contribution < -0.4 is 4.74 Å². The predicted octanol–water partition coefficient (Wildman–Crippen LogP) is 6.18. The van der Waals surface area contributed by atoms with Crippen LogP contribution in [0.2, 0.25) is 0 Å². The van der Waals surface area contributed by atoms with E-state index in [0.29, 0.717) is 31.6 Å². The fourth-order valence-corrected chi connectivity index (χ4v) is 5.87. The van der Waals surface area contributed by atoms with Gasteiger partial charge in [-0.3, -0.25) is 4.90 Å². The first-order chi connectivity index (χ1) is 18.1. The highest BCUT2D eigenvalue weighted by Crippen LogP contribution is 2.44. The summed E-state index contributed by atoms with van der Waals surface area (Å²) in [6.45, 7) is -1.83. The summed E-state index contributed by atoms with van der Waals surface area (Å²) in [5.41, 5.74) is 6.49. The zero-order valence-electron chi connectivity index (χ0n) is 20.2. The number of amides is 1. The first-order valence-electron chi connectivity index (χ1n) is 12.5. The van der Waals surface area contributed by atoms with Crippen molar-refractivity contribution in [3.05, 3.63) is 101 Å². The molecule has 0 spiro atoms. The Morgan fingerprint density at radius 3 is 2.32 bits per heavy atom. The summed E-state index contributed by atoms with van der Waals surface area (Å²) < 4.78 is 42.1. The summed E-state index contributed by atoms with van der Waals surface area (Å²) in [7, 11) is 0. The molecule has 37 heavy (non-hydrogen) atoms. The molecule has 3 aromatic carbocycles. The number of halogens is 2. The van der Waals surface area contributed by atoms with Crippen molar-refractivity contribution in [2.45, 2.75) is 37.5 Å². The Labute approximate surface area is 214 Å². The molecule has 7 heteroatoms. The number of carbonyl (C=O) groups is 1. The number of rotatable bonds is 6. The molecule has 2 unspecified atom stereocenters. The predicted molar refractivity (Wildman–Crippen MR) is 135 cm³/mol. The molecule has 190 valence electrons. The van der Waals surface area contributed by atoms with Gasteiger partial charge in [0, 0.05) is 5.92 Å². The Morgan fingerprint density at radius 1 is 0.946 bits per heavy atom. The summed E-state index contributed by atoms with van der Waals surface area (Å²) >= 11 is 0. The second-order valence-corrected chi connectivity index (χ2v) is 9.66. The Morgan fingerprint density at radius 2 is 1.62 bits per heavy atom. The van der Waals surface area contributed by atoms with E-state index >= 15 is 0 Å². The average Bonchev–Trinajstić information content (AvgIpc) is 3.21. The highest BCUT2D eigenvalue weighted by Gasteiger charge is 2.39. The summed E-state index contributed by atoms with van der Waals surface area (Å²) in [5, 5.41) is 0. The summed E-state index contributed by atoms with van der Waals surface area (Å²) in [6.07, 6.45) is 2.73. The number of hydrogen-bond acceptors (Lipinski definition) is 4. The zero-order chi connectivity index (χ0) is 25.4. The second-order valence-electron chi connectivity index (χ2n) is 9.66. The molecule has 2 aliphatic heterocycles. The largest absolute Gasteiger partial charge is 0.448 e. The third-order valence-electron chi connectivity index (χ3n) is 7.43. The van der Waals surface area contributed by atoms with Crippen molar-refractivity contribution in [1.82, 2.24) is 4.90 Å². The summed E-state index contributed by atoms with van der Waals surface area (Å²) in [5.74, 6) is 0.174. The molecule has 0 radical (unpaired) electrons. The first-order valence-corrected chi connectivity index (χ1v) is 12.5. The Hall–Kier alpha value is -3.71. The minimum absolute atomic E-state index is 0.00493. The maximum absolute atomic E-state index is 13.3. The third-order valence-corrected chi connectivity index (χ3v) is 7.43. The Bertz CT molecular complexity index is 1290. The van der Waals surface area contributed by atoms with E-state index in [1.807, 2.05) is 36.4 Å². The van der Waals surface area contributed by atoms with Gasteiger partial charge in [0.15, 0.2) is 0 Å². The fraction of sp³-hybridized carbons (Fsp3) is 0.300. The maximum Gasteiger partial charge on any atom is 0.410 e. The molecule has 1 aliphatic carbocycles. The number of alkyl halides is 2. The maximum atomic E-state index is 13.3. The number of benzene rings is 3. The SMILES string of the molecule is O=C(OCC1c2ccccc2-c2ccccc21)N1C2C=C(Cc3ccccc3OC(F)F)CC1COC2. The van der Waals surface area contributed by atoms with E-state index in [-0.39, 0.29) is 36.5 Å². The molecule has 2 bridgehead atoms. The monoisotopic (exact) mass is 503 g/mol. The van der Waals surface area contributed by atoms with Gasteiger partial charge in [-0.15, -0.1) is 0 Å². The van der Waals surface area contributed by atoms with Crippen LogP contribution >= 0.6 is 0 Å². The lowest BCUT2D eigenvalue weighted by atomic mass is 9.90. The van der Waals surface area contributed by atoms with Gasteiger partial charge in [0.2, 0.25) is 0 Å². The van der Waals surface area contributed by atoms with Crippen molar-refractivity contribution in [3.63, 3.8) is 0 Å². The standard InChI is InChI=1S/C30H27F2NO4/c31-29(32)37-28-12-6-1-7-20(28)13-19-14-21-16-35-17-22(15-19)33(21)30(34)36-18-27-25-10-4-2-8-23(25)24-9-3-5-11-26(24)27/h1-12,14,21-22,27,29H,13,15-18H2. The number of fused-ring (bicyclic) bond motifs is 5. The van der Waals surface area contributed by atoms with Crippen molar-refractivity contribution in [3.8, 4) is 16.9 Å². The van der Waals surface area contributed by atoms with Gasteiger partial charge in [-0.1, -0.05) is 78.4 Å². The van der Waals surface area contributed by atoms with Crippen LogP contribution in [0.1, 0.15) is 29.0 Å². The molecule has 6 rings (SSSR count). The fourth-order valence-electron chi connectivity index (χ4n) is 5.87. The summed E-state index contributed by atoms with van der Waals surface area (Å²) in [4.78, 5) is 15.1. The quantitative estimate of drug-likeness (QED) is 0.377. The molecule has 2 heterocycles. The van der Waals surface area contributed by atoms with E-state index in [1.165, 1.54) is 22.3 Å².